The van der Waals surface area contributed by atoms with Crippen molar-refractivity contribution in [1.82, 2.24) is 19.8 Å². The number of benzene rings is 1. The molecule has 0 aliphatic carbocycles. The Morgan fingerprint density at radius 1 is 1.10 bits per heavy atom. The van der Waals surface area contributed by atoms with E-state index in [0.717, 1.165) is 71.1 Å². The highest BCUT2D eigenvalue weighted by Gasteiger charge is 2.12. The first-order chi connectivity index (χ1) is 14.8. The maximum atomic E-state index is 4.56. The number of thiophene rings is 1. The molecule has 0 unspecified atom stereocenters. The number of anilines is 2. The Morgan fingerprint density at radius 2 is 1.97 bits per heavy atom. The van der Waals surface area contributed by atoms with Crippen molar-refractivity contribution in [2.24, 2.45) is 0 Å². The quantitative estimate of drug-likeness (QED) is 0.482. The standard InChI is InChI=1S/C24H25N5S/c1-28-13-15-29(16-14-28)12-3-2-5-18-17-20-23(9-11-26-24(20)30-18)27-22-7-4-6-21-19(22)8-10-25-21/h4,6-11,17,25H,3,12-16H2,1H3,(H,26,27). The highest BCUT2D eigenvalue weighted by atomic mass is 32.1. The Bertz CT molecular complexity index is 1220. The van der Waals surface area contributed by atoms with Crippen LogP contribution in [0.2, 0.25) is 0 Å². The molecule has 1 saturated heterocycles. The van der Waals surface area contributed by atoms with Crippen molar-refractivity contribution in [2.75, 3.05) is 45.1 Å². The largest absolute Gasteiger partial charge is 0.361 e. The number of H-pyrrole nitrogens is 1. The van der Waals surface area contributed by atoms with Gasteiger partial charge in [-0.25, -0.2) is 4.98 Å². The molecule has 6 heteroatoms. The molecule has 0 spiro atoms. The van der Waals surface area contributed by atoms with E-state index in [9.17, 15) is 0 Å². The zero-order valence-corrected chi connectivity index (χ0v) is 17.9. The number of aromatic amines is 1. The van der Waals surface area contributed by atoms with Crippen molar-refractivity contribution in [3.63, 3.8) is 0 Å². The van der Waals surface area contributed by atoms with Crippen molar-refractivity contribution in [1.29, 1.82) is 0 Å². The fourth-order valence-electron chi connectivity index (χ4n) is 3.88. The molecule has 4 heterocycles. The van der Waals surface area contributed by atoms with Crippen molar-refractivity contribution >= 4 is 43.8 Å². The van der Waals surface area contributed by atoms with E-state index < -0.39 is 0 Å². The lowest BCUT2D eigenvalue weighted by Crippen LogP contribution is -2.44. The van der Waals surface area contributed by atoms with Gasteiger partial charge in [-0.15, -0.1) is 11.3 Å². The summed E-state index contributed by atoms with van der Waals surface area (Å²) in [7, 11) is 2.19. The van der Waals surface area contributed by atoms with Crippen molar-refractivity contribution < 1.29 is 0 Å². The summed E-state index contributed by atoms with van der Waals surface area (Å²) in [6.45, 7) is 5.66. The fraction of sp³-hybridized carbons (Fsp3) is 0.292. The van der Waals surface area contributed by atoms with Gasteiger partial charge in [-0.1, -0.05) is 17.9 Å². The summed E-state index contributed by atoms with van der Waals surface area (Å²) in [6.07, 6.45) is 4.74. The average molecular weight is 416 g/mol. The minimum Gasteiger partial charge on any atom is -0.361 e. The predicted octanol–water partition coefficient (Wildman–Crippen LogP) is 4.51. The van der Waals surface area contributed by atoms with Crippen molar-refractivity contribution in [3.05, 3.63) is 53.7 Å². The van der Waals surface area contributed by atoms with Crippen LogP contribution >= 0.6 is 11.3 Å². The van der Waals surface area contributed by atoms with E-state index in [1.807, 2.05) is 18.5 Å². The van der Waals surface area contributed by atoms with Gasteiger partial charge in [0.25, 0.3) is 0 Å². The van der Waals surface area contributed by atoms with Gasteiger partial charge < -0.3 is 15.2 Å². The predicted molar refractivity (Wildman–Crippen MR) is 127 cm³/mol. The number of fused-ring (bicyclic) bond motifs is 2. The number of hydrogen-bond donors (Lipinski definition) is 2. The fourth-order valence-corrected chi connectivity index (χ4v) is 4.79. The molecule has 152 valence electrons. The Morgan fingerprint density at radius 3 is 2.87 bits per heavy atom. The van der Waals surface area contributed by atoms with E-state index in [1.165, 1.54) is 5.39 Å². The van der Waals surface area contributed by atoms with Crippen LogP contribution in [-0.2, 0) is 0 Å². The molecule has 2 N–H and O–H groups in total. The number of likely N-dealkylation sites (N-methyl/N-ethyl adjacent to an activating group) is 1. The molecule has 0 radical (unpaired) electrons. The number of aromatic nitrogens is 2. The van der Waals surface area contributed by atoms with Gasteiger partial charge in [0.05, 0.1) is 10.6 Å². The van der Waals surface area contributed by atoms with Crippen LogP contribution in [0.1, 0.15) is 11.3 Å². The van der Waals surface area contributed by atoms with Crippen LogP contribution < -0.4 is 5.32 Å². The molecule has 0 amide bonds. The highest BCUT2D eigenvalue weighted by molar-refractivity contribution is 7.19. The Kier molecular flexibility index (Phi) is 5.41. The van der Waals surface area contributed by atoms with Gasteiger partial charge in [0.15, 0.2) is 0 Å². The van der Waals surface area contributed by atoms with Crippen LogP contribution in [-0.4, -0.2) is 59.5 Å². The molecule has 1 aromatic carbocycles. The minimum atomic E-state index is 0.909. The zero-order chi connectivity index (χ0) is 20.3. The Balaban J connectivity index is 1.31. The van der Waals surface area contributed by atoms with E-state index in [1.54, 1.807) is 11.3 Å². The normalized spacial score (nSPS) is 15.4. The minimum absolute atomic E-state index is 0.909. The molecule has 1 aliphatic heterocycles. The van der Waals surface area contributed by atoms with Crippen LogP contribution in [0.3, 0.4) is 0 Å². The molecule has 0 bridgehead atoms. The molecule has 30 heavy (non-hydrogen) atoms. The third kappa shape index (κ3) is 4.05. The lowest BCUT2D eigenvalue weighted by atomic mass is 10.2. The lowest BCUT2D eigenvalue weighted by Gasteiger charge is -2.31. The summed E-state index contributed by atoms with van der Waals surface area (Å²) in [5.74, 6) is 6.72. The molecule has 3 aromatic heterocycles. The summed E-state index contributed by atoms with van der Waals surface area (Å²) < 4.78 is 0. The van der Waals surface area contributed by atoms with Gasteiger partial charge in [0.2, 0.25) is 0 Å². The molecule has 0 saturated carbocycles. The molecule has 4 aromatic rings. The van der Waals surface area contributed by atoms with Gasteiger partial charge in [-0.2, -0.15) is 0 Å². The molecular weight excluding hydrogens is 390 g/mol. The first-order valence-electron chi connectivity index (χ1n) is 10.4. The van der Waals surface area contributed by atoms with Gasteiger partial charge >= 0.3 is 0 Å². The number of pyridine rings is 1. The first-order valence-corrected chi connectivity index (χ1v) is 11.2. The van der Waals surface area contributed by atoms with Gasteiger partial charge in [0.1, 0.15) is 4.83 Å². The SMILES string of the molecule is CN1CCN(CCC#Cc2cc3c(Nc4cccc5[nH]ccc45)ccnc3s2)CC1. The topological polar surface area (TPSA) is 47.2 Å². The van der Waals surface area contributed by atoms with E-state index in [0.29, 0.717) is 0 Å². The van der Waals surface area contributed by atoms with Gasteiger partial charge in [-0.05, 0) is 37.4 Å². The van der Waals surface area contributed by atoms with Crippen LogP contribution in [0.25, 0.3) is 21.1 Å². The first kappa shape index (κ1) is 19.1. The number of nitrogens with one attached hydrogen (secondary N) is 2. The zero-order valence-electron chi connectivity index (χ0n) is 17.1. The molecule has 1 fully saturated rings. The number of hydrogen-bond acceptors (Lipinski definition) is 5. The number of piperazine rings is 1. The third-order valence-electron chi connectivity index (χ3n) is 5.66. The lowest BCUT2D eigenvalue weighted by molar-refractivity contribution is 0.157. The van der Waals surface area contributed by atoms with E-state index in [-0.39, 0.29) is 0 Å². The van der Waals surface area contributed by atoms with E-state index in [4.69, 9.17) is 0 Å². The summed E-state index contributed by atoms with van der Waals surface area (Å²) in [5.41, 5.74) is 3.28. The third-order valence-corrected chi connectivity index (χ3v) is 6.62. The van der Waals surface area contributed by atoms with Crippen LogP contribution in [0, 0.1) is 11.8 Å². The second-order valence-electron chi connectivity index (χ2n) is 7.75. The molecular formula is C24H25N5S. The summed E-state index contributed by atoms with van der Waals surface area (Å²) in [4.78, 5) is 14.8. The maximum Gasteiger partial charge on any atom is 0.126 e. The molecule has 5 nitrogen and oxygen atoms in total. The monoisotopic (exact) mass is 415 g/mol. The van der Waals surface area contributed by atoms with Crippen LogP contribution in [0.4, 0.5) is 11.4 Å². The van der Waals surface area contributed by atoms with E-state index in [2.05, 4.69) is 74.3 Å². The summed E-state index contributed by atoms with van der Waals surface area (Å²) in [5, 5.41) is 5.90. The average Bonchev–Trinajstić information content (AvgIpc) is 3.40. The highest BCUT2D eigenvalue weighted by Crippen LogP contribution is 2.33. The molecule has 5 rings (SSSR count). The van der Waals surface area contributed by atoms with Gasteiger partial charge in [-0.3, -0.25) is 4.90 Å². The van der Waals surface area contributed by atoms with Crippen molar-refractivity contribution in [2.45, 2.75) is 6.42 Å². The van der Waals surface area contributed by atoms with Crippen LogP contribution in [0.5, 0.6) is 0 Å². The maximum absolute atomic E-state index is 4.56. The molecule has 1 aliphatic rings. The summed E-state index contributed by atoms with van der Waals surface area (Å²) in [6, 6.07) is 12.5. The second kappa shape index (κ2) is 8.49. The Hall–Kier alpha value is -2.85. The van der Waals surface area contributed by atoms with Gasteiger partial charge in [0, 0.05) is 73.5 Å². The van der Waals surface area contributed by atoms with Crippen molar-refractivity contribution in [3.8, 4) is 11.8 Å². The second-order valence-corrected chi connectivity index (χ2v) is 8.78. The smallest absolute Gasteiger partial charge is 0.126 e. The van der Waals surface area contributed by atoms with E-state index >= 15 is 0 Å². The Labute approximate surface area is 180 Å². The van der Waals surface area contributed by atoms with Crippen LogP contribution in [0.15, 0.2) is 48.8 Å². The summed E-state index contributed by atoms with van der Waals surface area (Å²) >= 11 is 1.66. The number of rotatable bonds is 4. The number of nitrogens with zero attached hydrogens (tertiary/aromatic N) is 3. The molecule has 0 atom stereocenters.